The molecule has 1 rings (SSSR count). The Kier molecular flexibility index (Phi) is 4.97. The van der Waals surface area contributed by atoms with Crippen LogP contribution in [0.25, 0.3) is 0 Å². The second-order valence-corrected chi connectivity index (χ2v) is 4.31. The molecule has 0 fully saturated rings. The van der Waals surface area contributed by atoms with Gasteiger partial charge in [0.15, 0.2) is 0 Å². The molecule has 0 bridgehead atoms. The van der Waals surface area contributed by atoms with Gasteiger partial charge in [-0.25, -0.2) is 0 Å². The van der Waals surface area contributed by atoms with E-state index in [0.717, 1.165) is 5.56 Å². The maximum atomic E-state index is 11.7. The minimum Gasteiger partial charge on any atom is -0.465 e. The normalized spacial score (nSPS) is 14.1. The summed E-state index contributed by atoms with van der Waals surface area (Å²) in [6.45, 7) is 3.85. The lowest BCUT2D eigenvalue weighted by atomic mass is 10.0. The summed E-state index contributed by atoms with van der Waals surface area (Å²) in [6, 6.07) is 7.19. The van der Waals surface area contributed by atoms with Crippen molar-refractivity contribution in [3.05, 3.63) is 29.8 Å². The van der Waals surface area contributed by atoms with Crippen molar-refractivity contribution in [1.82, 2.24) is 0 Å². The molecule has 0 saturated heterocycles. The van der Waals surface area contributed by atoms with E-state index < -0.39 is 0 Å². The van der Waals surface area contributed by atoms with Crippen LogP contribution in [-0.2, 0) is 9.53 Å². The van der Waals surface area contributed by atoms with Gasteiger partial charge in [0, 0.05) is 18.2 Å². The standard InChI is InChI=1S/C13H19NO3/c1-9(7-15)8-17-13(16)10(2)11-4-3-5-12(14)6-11/h3-6,9-10,15H,7-8,14H2,1-2H3. The fourth-order valence-corrected chi connectivity index (χ4v) is 1.37. The minimum absolute atomic E-state index is 0.0138. The molecular formula is C13H19NO3. The molecule has 0 aliphatic heterocycles. The highest BCUT2D eigenvalue weighted by atomic mass is 16.5. The highest BCUT2D eigenvalue weighted by Gasteiger charge is 2.17. The van der Waals surface area contributed by atoms with E-state index in [1.165, 1.54) is 0 Å². The summed E-state index contributed by atoms with van der Waals surface area (Å²) in [5.74, 6) is -0.674. The van der Waals surface area contributed by atoms with Crippen molar-refractivity contribution >= 4 is 11.7 Å². The summed E-state index contributed by atoms with van der Waals surface area (Å²) in [6.07, 6.45) is 0. The molecule has 0 heterocycles. The van der Waals surface area contributed by atoms with Crippen molar-refractivity contribution < 1.29 is 14.6 Å². The molecule has 4 nitrogen and oxygen atoms in total. The summed E-state index contributed by atoms with van der Waals surface area (Å²) in [5.41, 5.74) is 7.13. The van der Waals surface area contributed by atoms with Crippen LogP contribution >= 0.6 is 0 Å². The zero-order valence-corrected chi connectivity index (χ0v) is 10.2. The van der Waals surface area contributed by atoms with Gasteiger partial charge in [-0.3, -0.25) is 4.79 Å². The van der Waals surface area contributed by atoms with Crippen LogP contribution in [0, 0.1) is 5.92 Å². The van der Waals surface area contributed by atoms with Crippen molar-refractivity contribution in [3.8, 4) is 0 Å². The van der Waals surface area contributed by atoms with Crippen molar-refractivity contribution in [3.63, 3.8) is 0 Å². The second-order valence-electron chi connectivity index (χ2n) is 4.31. The van der Waals surface area contributed by atoms with Gasteiger partial charge in [0.25, 0.3) is 0 Å². The van der Waals surface area contributed by atoms with Gasteiger partial charge in [0.05, 0.1) is 12.5 Å². The Hall–Kier alpha value is -1.55. The van der Waals surface area contributed by atoms with Crippen LogP contribution in [-0.4, -0.2) is 24.3 Å². The maximum Gasteiger partial charge on any atom is 0.313 e. The van der Waals surface area contributed by atoms with E-state index in [4.69, 9.17) is 15.6 Å². The lowest BCUT2D eigenvalue weighted by Crippen LogP contribution is -2.18. The molecule has 0 radical (unpaired) electrons. The van der Waals surface area contributed by atoms with Crippen molar-refractivity contribution in [1.29, 1.82) is 0 Å². The first-order valence-electron chi connectivity index (χ1n) is 5.67. The third-order valence-electron chi connectivity index (χ3n) is 2.59. The number of nitrogen functional groups attached to an aromatic ring is 1. The monoisotopic (exact) mass is 237 g/mol. The molecule has 2 atom stereocenters. The van der Waals surface area contributed by atoms with Crippen molar-refractivity contribution in [2.45, 2.75) is 19.8 Å². The summed E-state index contributed by atoms with van der Waals surface area (Å²) in [7, 11) is 0. The Bertz CT molecular complexity index is 379. The van der Waals surface area contributed by atoms with Gasteiger partial charge in [0.2, 0.25) is 0 Å². The van der Waals surface area contributed by atoms with Gasteiger partial charge in [0.1, 0.15) is 0 Å². The zero-order valence-electron chi connectivity index (χ0n) is 10.2. The summed E-state index contributed by atoms with van der Waals surface area (Å²) in [5, 5.41) is 8.83. The molecule has 0 aliphatic carbocycles. The van der Waals surface area contributed by atoms with Crippen molar-refractivity contribution in [2.24, 2.45) is 5.92 Å². The third-order valence-corrected chi connectivity index (χ3v) is 2.59. The molecule has 0 aromatic heterocycles. The average molecular weight is 237 g/mol. The number of benzene rings is 1. The molecule has 0 spiro atoms. The van der Waals surface area contributed by atoms with Gasteiger partial charge >= 0.3 is 5.97 Å². The number of aliphatic hydroxyl groups is 1. The quantitative estimate of drug-likeness (QED) is 0.602. The molecule has 3 N–H and O–H groups in total. The predicted molar refractivity (Wildman–Crippen MR) is 66.5 cm³/mol. The number of rotatable bonds is 5. The summed E-state index contributed by atoms with van der Waals surface area (Å²) >= 11 is 0. The predicted octanol–water partition coefficient (Wildman–Crippen LogP) is 1.54. The molecule has 4 heteroatoms. The topological polar surface area (TPSA) is 72.5 Å². The number of nitrogens with two attached hydrogens (primary N) is 1. The first-order chi connectivity index (χ1) is 8.04. The van der Waals surface area contributed by atoms with Crippen molar-refractivity contribution in [2.75, 3.05) is 18.9 Å². The molecule has 1 aromatic rings. The molecule has 94 valence electrons. The van der Waals surface area contributed by atoms with E-state index in [1.807, 2.05) is 19.1 Å². The molecular weight excluding hydrogens is 218 g/mol. The van der Waals surface area contributed by atoms with Crippen LogP contribution in [0.5, 0.6) is 0 Å². The Balaban J connectivity index is 2.57. The number of aliphatic hydroxyl groups excluding tert-OH is 1. The molecule has 0 aliphatic rings. The third kappa shape index (κ3) is 4.07. The fraction of sp³-hybridized carbons (Fsp3) is 0.462. The van der Waals surface area contributed by atoms with Gasteiger partial charge in [-0.1, -0.05) is 19.1 Å². The Labute approximate surface area is 101 Å². The molecule has 1 aromatic carbocycles. The van der Waals surface area contributed by atoms with E-state index in [-0.39, 0.29) is 31.0 Å². The van der Waals surface area contributed by atoms with Gasteiger partial charge in [-0.05, 0) is 24.6 Å². The summed E-state index contributed by atoms with van der Waals surface area (Å²) in [4.78, 5) is 11.7. The van der Waals surface area contributed by atoms with Crippen LogP contribution in [0.4, 0.5) is 5.69 Å². The van der Waals surface area contributed by atoms with E-state index in [0.29, 0.717) is 5.69 Å². The highest BCUT2D eigenvalue weighted by molar-refractivity contribution is 5.78. The first kappa shape index (κ1) is 13.5. The first-order valence-corrected chi connectivity index (χ1v) is 5.67. The number of hydrogen-bond acceptors (Lipinski definition) is 4. The number of carbonyl (C=O) groups is 1. The fourth-order valence-electron chi connectivity index (χ4n) is 1.37. The maximum absolute atomic E-state index is 11.7. The molecule has 0 saturated carbocycles. The Morgan fingerprint density at radius 2 is 2.18 bits per heavy atom. The largest absolute Gasteiger partial charge is 0.465 e. The van der Waals surface area contributed by atoms with Crippen LogP contribution in [0.1, 0.15) is 25.3 Å². The van der Waals surface area contributed by atoms with E-state index in [9.17, 15) is 4.79 Å². The van der Waals surface area contributed by atoms with Crippen LogP contribution < -0.4 is 5.73 Å². The van der Waals surface area contributed by atoms with E-state index in [1.54, 1.807) is 19.1 Å². The lowest BCUT2D eigenvalue weighted by molar-refractivity contribution is -0.146. The molecule has 2 unspecified atom stereocenters. The minimum atomic E-state index is -0.343. The Morgan fingerprint density at radius 3 is 2.76 bits per heavy atom. The van der Waals surface area contributed by atoms with E-state index in [2.05, 4.69) is 0 Å². The number of carbonyl (C=O) groups excluding carboxylic acids is 1. The second kappa shape index (κ2) is 6.25. The van der Waals surface area contributed by atoms with Crippen LogP contribution in [0.3, 0.4) is 0 Å². The van der Waals surface area contributed by atoms with E-state index >= 15 is 0 Å². The lowest BCUT2D eigenvalue weighted by Gasteiger charge is -2.14. The van der Waals surface area contributed by atoms with Gasteiger partial charge in [-0.2, -0.15) is 0 Å². The number of hydrogen-bond donors (Lipinski definition) is 2. The molecule has 0 amide bonds. The molecule has 17 heavy (non-hydrogen) atoms. The summed E-state index contributed by atoms with van der Waals surface area (Å²) < 4.78 is 5.11. The number of esters is 1. The number of anilines is 1. The smallest absolute Gasteiger partial charge is 0.313 e. The highest BCUT2D eigenvalue weighted by Crippen LogP contribution is 2.19. The zero-order chi connectivity index (χ0) is 12.8. The SMILES string of the molecule is CC(CO)COC(=O)C(C)c1cccc(N)c1. The average Bonchev–Trinajstić information content (AvgIpc) is 2.34. The van der Waals surface area contributed by atoms with Gasteiger partial charge in [-0.15, -0.1) is 0 Å². The van der Waals surface area contributed by atoms with Gasteiger partial charge < -0.3 is 15.6 Å². The Morgan fingerprint density at radius 1 is 1.47 bits per heavy atom. The van der Waals surface area contributed by atoms with Crippen LogP contribution in [0.2, 0.25) is 0 Å². The van der Waals surface area contributed by atoms with Crippen LogP contribution in [0.15, 0.2) is 24.3 Å². The number of ether oxygens (including phenoxy) is 1.